The third-order valence-corrected chi connectivity index (χ3v) is 7.42. The molecule has 1 aliphatic carbocycles. The Hall–Kier alpha value is -2.81. The first-order chi connectivity index (χ1) is 17.3. The lowest BCUT2D eigenvalue weighted by Gasteiger charge is -2.42. The number of hydrogen-bond donors (Lipinski definition) is 3. The van der Waals surface area contributed by atoms with Crippen LogP contribution in [-0.4, -0.2) is 67.2 Å². The molecule has 1 saturated carbocycles. The Balaban J connectivity index is 1.35. The summed E-state index contributed by atoms with van der Waals surface area (Å²) in [6.45, 7) is 4.80. The first-order valence-electron chi connectivity index (χ1n) is 13.3. The first kappa shape index (κ1) is 26.3. The summed E-state index contributed by atoms with van der Waals surface area (Å²) in [6.07, 6.45) is 7.50. The molecule has 2 aliphatic heterocycles. The molecule has 3 aliphatic rings. The monoisotopic (exact) mass is 500 g/mol. The molecule has 0 spiro atoms. The van der Waals surface area contributed by atoms with Crippen LogP contribution >= 0.6 is 0 Å². The van der Waals surface area contributed by atoms with Gasteiger partial charge in [0, 0.05) is 25.3 Å². The van der Waals surface area contributed by atoms with E-state index in [1.165, 1.54) is 32.1 Å². The van der Waals surface area contributed by atoms with Gasteiger partial charge in [-0.2, -0.15) is 0 Å². The Morgan fingerprint density at radius 2 is 1.89 bits per heavy atom. The molecular weight excluding hydrogens is 460 g/mol. The molecule has 36 heavy (non-hydrogen) atoms. The highest BCUT2D eigenvalue weighted by molar-refractivity contribution is 5.99. The van der Waals surface area contributed by atoms with Crippen molar-refractivity contribution in [3.05, 3.63) is 23.8 Å². The molecule has 0 radical (unpaired) electrons. The SMILES string of the molecule is CC(C)NC(=O)Nc1ccc2c(c1)C(=O)N(C)[C@@H]1CC[C@H](CC(=O)NCC3CCCCC3)O[C@@H]1CO2. The first-order valence-corrected chi connectivity index (χ1v) is 13.3. The standard InChI is InChI=1S/C27H40N4O5/c1-17(2)29-27(34)30-19-9-12-23-21(13-19)26(33)31(3)22-11-10-20(36-24(22)16-35-23)14-25(32)28-15-18-7-5-4-6-8-18/h9,12-13,17-18,20,22,24H,4-8,10-11,14-16H2,1-3H3,(H,28,32)(H2,29,30,34)/t20-,22-,24-/m1/s1. The third-order valence-electron chi connectivity index (χ3n) is 7.42. The van der Waals surface area contributed by atoms with Crippen molar-refractivity contribution in [3.8, 4) is 5.75 Å². The predicted octanol–water partition coefficient (Wildman–Crippen LogP) is 3.68. The summed E-state index contributed by atoms with van der Waals surface area (Å²) in [7, 11) is 1.78. The molecule has 4 amide bonds. The largest absolute Gasteiger partial charge is 0.490 e. The van der Waals surface area contributed by atoms with E-state index in [0.717, 1.165) is 13.0 Å². The van der Waals surface area contributed by atoms with Crippen LogP contribution in [0.25, 0.3) is 0 Å². The molecule has 198 valence electrons. The van der Waals surface area contributed by atoms with Gasteiger partial charge >= 0.3 is 6.03 Å². The van der Waals surface area contributed by atoms with Crippen molar-refractivity contribution in [3.63, 3.8) is 0 Å². The molecule has 0 aromatic heterocycles. The van der Waals surface area contributed by atoms with Gasteiger partial charge in [0.05, 0.1) is 24.1 Å². The van der Waals surface area contributed by atoms with E-state index in [1.54, 1.807) is 30.1 Å². The topological polar surface area (TPSA) is 109 Å². The molecule has 0 bridgehead atoms. The summed E-state index contributed by atoms with van der Waals surface area (Å²) in [5.74, 6) is 0.904. The second kappa shape index (κ2) is 12.0. The van der Waals surface area contributed by atoms with Crippen LogP contribution in [0.15, 0.2) is 18.2 Å². The highest BCUT2D eigenvalue weighted by Gasteiger charge is 2.39. The summed E-state index contributed by atoms with van der Waals surface area (Å²) in [6, 6.07) is 4.59. The molecule has 3 atom stereocenters. The van der Waals surface area contributed by atoms with Crippen LogP contribution in [0.1, 0.15) is 75.6 Å². The van der Waals surface area contributed by atoms with E-state index < -0.39 is 0 Å². The van der Waals surface area contributed by atoms with Gasteiger partial charge < -0.3 is 30.3 Å². The Labute approximate surface area is 213 Å². The Morgan fingerprint density at radius 1 is 1.11 bits per heavy atom. The van der Waals surface area contributed by atoms with Crippen LogP contribution in [0.2, 0.25) is 0 Å². The lowest BCUT2D eigenvalue weighted by atomic mass is 9.89. The predicted molar refractivity (Wildman–Crippen MR) is 137 cm³/mol. The number of hydrogen-bond acceptors (Lipinski definition) is 5. The van der Waals surface area contributed by atoms with E-state index in [1.807, 2.05) is 13.8 Å². The van der Waals surface area contributed by atoms with E-state index in [2.05, 4.69) is 16.0 Å². The second-order valence-electron chi connectivity index (χ2n) is 10.6. The second-order valence-corrected chi connectivity index (χ2v) is 10.6. The molecule has 1 aromatic carbocycles. The lowest BCUT2D eigenvalue weighted by molar-refractivity contribution is -0.134. The normalized spacial score (nSPS) is 24.6. The average molecular weight is 501 g/mol. The zero-order chi connectivity index (χ0) is 25.7. The van der Waals surface area contributed by atoms with Gasteiger partial charge in [-0.3, -0.25) is 9.59 Å². The van der Waals surface area contributed by atoms with Crippen molar-refractivity contribution >= 4 is 23.5 Å². The van der Waals surface area contributed by atoms with Crippen LogP contribution < -0.4 is 20.7 Å². The summed E-state index contributed by atoms with van der Waals surface area (Å²) >= 11 is 0. The van der Waals surface area contributed by atoms with Gasteiger partial charge in [-0.15, -0.1) is 0 Å². The molecule has 2 fully saturated rings. The number of carbonyl (C=O) groups is 3. The maximum absolute atomic E-state index is 13.4. The van der Waals surface area contributed by atoms with Crippen LogP contribution in [0.5, 0.6) is 5.75 Å². The van der Waals surface area contributed by atoms with E-state index in [0.29, 0.717) is 35.8 Å². The number of amides is 4. The maximum atomic E-state index is 13.4. The van der Waals surface area contributed by atoms with Gasteiger partial charge in [-0.05, 0) is 63.6 Å². The molecular formula is C27H40N4O5. The molecule has 1 aromatic rings. The fraction of sp³-hybridized carbons (Fsp3) is 0.667. The highest BCUT2D eigenvalue weighted by atomic mass is 16.5. The number of fused-ring (bicyclic) bond motifs is 2. The summed E-state index contributed by atoms with van der Waals surface area (Å²) in [4.78, 5) is 39.7. The van der Waals surface area contributed by atoms with Crippen molar-refractivity contribution in [1.29, 1.82) is 0 Å². The van der Waals surface area contributed by atoms with Crippen molar-refractivity contribution in [1.82, 2.24) is 15.5 Å². The molecule has 9 heteroatoms. The summed E-state index contributed by atoms with van der Waals surface area (Å²) in [5, 5.41) is 8.64. The van der Waals surface area contributed by atoms with Gasteiger partial charge in [0.25, 0.3) is 5.91 Å². The number of ether oxygens (including phenoxy) is 2. The van der Waals surface area contributed by atoms with E-state index in [9.17, 15) is 14.4 Å². The third kappa shape index (κ3) is 6.69. The van der Waals surface area contributed by atoms with Crippen LogP contribution in [0, 0.1) is 5.92 Å². The van der Waals surface area contributed by atoms with Crippen molar-refractivity contribution < 1.29 is 23.9 Å². The number of likely N-dealkylation sites (N-methyl/N-ethyl adjacent to an activating group) is 1. The number of benzene rings is 1. The molecule has 0 unspecified atom stereocenters. The Kier molecular flexibility index (Phi) is 8.72. The molecule has 1 saturated heterocycles. The smallest absolute Gasteiger partial charge is 0.319 e. The number of rotatable bonds is 6. The molecule has 3 N–H and O–H groups in total. The Bertz CT molecular complexity index is 946. The summed E-state index contributed by atoms with van der Waals surface area (Å²) in [5.41, 5.74) is 0.927. The quantitative estimate of drug-likeness (QED) is 0.552. The van der Waals surface area contributed by atoms with Crippen LogP contribution in [0.4, 0.5) is 10.5 Å². The minimum Gasteiger partial charge on any atom is -0.490 e. The van der Waals surface area contributed by atoms with Gasteiger partial charge in [-0.25, -0.2) is 4.79 Å². The van der Waals surface area contributed by atoms with Gasteiger partial charge in [0.1, 0.15) is 18.5 Å². The van der Waals surface area contributed by atoms with E-state index in [-0.39, 0.29) is 48.7 Å². The van der Waals surface area contributed by atoms with Gasteiger partial charge in [-0.1, -0.05) is 19.3 Å². The van der Waals surface area contributed by atoms with E-state index >= 15 is 0 Å². The number of anilines is 1. The zero-order valence-electron chi connectivity index (χ0n) is 21.7. The summed E-state index contributed by atoms with van der Waals surface area (Å²) < 4.78 is 12.3. The zero-order valence-corrected chi connectivity index (χ0v) is 21.7. The maximum Gasteiger partial charge on any atom is 0.319 e. The average Bonchev–Trinajstić information content (AvgIpc) is 2.85. The lowest BCUT2D eigenvalue weighted by Crippen LogP contribution is -2.54. The number of nitrogens with zero attached hydrogens (tertiary/aromatic N) is 1. The van der Waals surface area contributed by atoms with Crippen molar-refractivity contribution in [2.45, 2.75) is 89.5 Å². The van der Waals surface area contributed by atoms with Crippen molar-refractivity contribution in [2.24, 2.45) is 5.92 Å². The fourth-order valence-corrected chi connectivity index (χ4v) is 5.46. The van der Waals surface area contributed by atoms with E-state index in [4.69, 9.17) is 9.47 Å². The molecule has 9 nitrogen and oxygen atoms in total. The van der Waals surface area contributed by atoms with Crippen LogP contribution in [-0.2, 0) is 9.53 Å². The van der Waals surface area contributed by atoms with Crippen molar-refractivity contribution in [2.75, 3.05) is 25.5 Å². The molecule has 2 heterocycles. The minimum absolute atomic E-state index is 0.000429. The number of nitrogens with one attached hydrogen (secondary N) is 3. The minimum atomic E-state index is -0.327. The molecule has 4 rings (SSSR count). The number of carbonyl (C=O) groups excluding carboxylic acids is 3. The highest BCUT2D eigenvalue weighted by Crippen LogP contribution is 2.32. The Morgan fingerprint density at radius 3 is 2.64 bits per heavy atom. The van der Waals surface area contributed by atoms with Crippen LogP contribution in [0.3, 0.4) is 0 Å². The van der Waals surface area contributed by atoms with Gasteiger partial charge in [0.15, 0.2) is 0 Å². The van der Waals surface area contributed by atoms with Gasteiger partial charge in [0.2, 0.25) is 5.91 Å². The number of urea groups is 1. The fourth-order valence-electron chi connectivity index (χ4n) is 5.46.